The van der Waals surface area contributed by atoms with E-state index in [4.69, 9.17) is 9.47 Å². The van der Waals surface area contributed by atoms with Gasteiger partial charge in [0.1, 0.15) is 17.1 Å². The van der Waals surface area contributed by atoms with E-state index in [9.17, 15) is 0 Å². The molecule has 0 saturated carbocycles. The normalized spacial score (nSPS) is 17.5. The molecule has 2 rings (SSSR count). The van der Waals surface area contributed by atoms with Crippen molar-refractivity contribution in [2.45, 2.75) is 52.6 Å². The molecule has 0 spiro atoms. The Morgan fingerprint density at radius 2 is 1.88 bits per heavy atom. The fourth-order valence-corrected chi connectivity index (χ4v) is 2.24. The van der Waals surface area contributed by atoms with Crippen molar-refractivity contribution in [1.29, 1.82) is 0 Å². The van der Waals surface area contributed by atoms with Crippen LogP contribution in [0.3, 0.4) is 0 Å². The number of rotatable bonds is 1. The van der Waals surface area contributed by atoms with Crippen molar-refractivity contribution in [1.82, 2.24) is 0 Å². The Labute approximate surface area is 104 Å². The summed E-state index contributed by atoms with van der Waals surface area (Å²) in [6, 6.07) is 4.14. The molecule has 0 unspecified atom stereocenters. The van der Waals surface area contributed by atoms with E-state index >= 15 is 0 Å². The van der Waals surface area contributed by atoms with Gasteiger partial charge < -0.3 is 9.47 Å². The van der Waals surface area contributed by atoms with Gasteiger partial charge in [0, 0.05) is 11.0 Å². The predicted molar refractivity (Wildman–Crippen MR) is 70.1 cm³/mol. The van der Waals surface area contributed by atoms with E-state index in [0.29, 0.717) is 0 Å². The first-order chi connectivity index (χ1) is 7.71. The van der Waals surface area contributed by atoms with Crippen molar-refractivity contribution in [2.24, 2.45) is 0 Å². The third-order valence-corrected chi connectivity index (χ3v) is 2.99. The number of fused-ring (bicyclic) bond motifs is 1. The molecule has 0 radical (unpaired) electrons. The molecule has 17 heavy (non-hydrogen) atoms. The van der Waals surface area contributed by atoms with Gasteiger partial charge in [0.2, 0.25) is 0 Å². The molecule has 0 aromatic heterocycles. The van der Waals surface area contributed by atoms with Gasteiger partial charge in [-0.1, -0.05) is 19.9 Å². The molecule has 1 aromatic rings. The summed E-state index contributed by atoms with van der Waals surface area (Å²) in [4.78, 5) is 0. The second-order valence-corrected chi connectivity index (χ2v) is 6.47. The van der Waals surface area contributed by atoms with Gasteiger partial charge in [-0.05, 0) is 39.3 Å². The van der Waals surface area contributed by atoms with Crippen LogP contribution in [0, 0.1) is 6.92 Å². The molecular formula is C15H22O2. The van der Waals surface area contributed by atoms with Crippen molar-refractivity contribution in [2.75, 3.05) is 6.61 Å². The smallest absolute Gasteiger partial charge is 0.129 e. The zero-order valence-electron chi connectivity index (χ0n) is 11.7. The van der Waals surface area contributed by atoms with Gasteiger partial charge in [0.05, 0.1) is 6.61 Å². The lowest BCUT2D eigenvalue weighted by atomic mass is 9.85. The highest BCUT2D eigenvalue weighted by Gasteiger charge is 2.36. The minimum absolute atomic E-state index is 0.0297. The first-order valence-corrected chi connectivity index (χ1v) is 6.17. The lowest BCUT2D eigenvalue weighted by Crippen LogP contribution is -2.26. The minimum atomic E-state index is -0.179. The Morgan fingerprint density at radius 1 is 1.24 bits per heavy atom. The van der Waals surface area contributed by atoms with Crippen LogP contribution in [0.25, 0.3) is 0 Å². The summed E-state index contributed by atoms with van der Waals surface area (Å²) in [7, 11) is 0. The van der Waals surface area contributed by atoms with Gasteiger partial charge in [-0.2, -0.15) is 0 Å². The van der Waals surface area contributed by atoms with Gasteiger partial charge in [-0.25, -0.2) is 0 Å². The Balaban J connectivity index is 2.53. The molecule has 0 atom stereocenters. The second kappa shape index (κ2) is 3.66. The molecular weight excluding hydrogens is 212 g/mol. The molecule has 2 heteroatoms. The van der Waals surface area contributed by atoms with Crippen LogP contribution < -0.4 is 9.47 Å². The van der Waals surface area contributed by atoms with Crippen molar-refractivity contribution in [3.63, 3.8) is 0 Å². The van der Waals surface area contributed by atoms with E-state index < -0.39 is 0 Å². The monoisotopic (exact) mass is 234 g/mol. The predicted octanol–water partition coefficient (Wildman–Crippen LogP) is 3.84. The highest BCUT2D eigenvalue weighted by atomic mass is 16.5. The maximum absolute atomic E-state index is 6.06. The van der Waals surface area contributed by atoms with Crippen molar-refractivity contribution < 1.29 is 9.47 Å². The topological polar surface area (TPSA) is 18.5 Å². The number of hydrogen-bond acceptors (Lipinski definition) is 2. The highest BCUT2D eigenvalue weighted by molar-refractivity contribution is 5.56. The van der Waals surface area contributed by atoms with Gasteiger partial charge >= 0.3 is 0 Å². The van der Waals surface area contributed by atoms with E-state index in [-0.39, 0.29) is 11.0 Å². The first kappa shape index (κ1) is 12.3. The molecule has 94 valence electrons. The maximum atomic E-state index is 6.06. The molecule has 1 aliphatic heterocycles. The fraction of sp³-hybridized carbons (Fsp3) is 0.600. The average molecular weight is 234 g/mol. The number of aryl methyl sites for hydroxylation is 1. The highest BCUT2D eigenvalue weighted by Crippen LogP contribution is 2.46. The molecule has 0 saturated heterocycles. The Hall–Kier alpha value is -1.18. The maximum Gasteiger partial charge on any atom is 0.129 e. The summed E-state index contributed by atoms with van der Waals surface area (Å²) < 4.78 is 11.9. The van der Waals surface area contributed by atoms with Gasteiger partial charge in [0.15, 0.2) is 0 Å². The zero-order chi connectivity index (χ0) is 12.8. The summed E-state index contributed by atoms with van der Waals surface area (Å²) in [5.74, 6) is 1.97. The van der Waals surface area contributed by atoms with Crippen LogP contribution in [0.5, 0.6) is 11.5 Å². The zero-order valence-corrected chi connectivity index (χ0v) is 11.7. The Bertz CT molecular complexity index is 439. The quantitative estimate of drug-likeness (QED) is 0.735. The van der Waals surface area contributed by atoms with E-state index in [0.717, 1.165) is 18.1 Å². The van der Waals surface area contributed by atoms with Crippen LogP contribution in [0.4, 0.5) is 0 Å². The van der Waals surface area contributed by atoms with Crippen LogP contribution in [0.1, 0.15) is 45.7 Å². The molecule has 0 amide bonds. The summed E-state index contributed by atoms with van der Waals surface area (Å²) >= 11 is 0. The molecule has 1 heterocycles. The van der Waals surface area contributed by atoms with Crippen molar-refractivity contribution in [3.05, 3.63) is 23.3 Å². The number of benzene rings is 1. The van der Waals surface area contributed by atoms with Crippen LogP contribution >= 0.6 is 0 Å². The van der Waals surface area contributed by atoms with Gasteiger partial charge in [0.25, 0.3) is 0 Å². The molecule has 0 N–H and O–H groups in total. The summed E-state index contributed by atoms with van der Waals surface area (Å²) in [6.07, 6.45) is 0. The van der Waals surface area contributed by atoms with E-state index in [2.05, 4.69) is 53.7 Å². The fourth-order valence-electron chi connectivity index (χ4n) is 2.24. The average Bonchev–Trinajstić information content (AvgIpc) is 2.46. The second-order valence-electron chi connectivity index (χ2n) is 6.47. The molecule has 0 fully saturated rings. The Morgan fingerprint density at radius 3 is 2.47 bits per heavy atom. The molecule has 1 aliphatic rings. The SMILES string of the molecule is Cc1ccc(OC(C)(C)C)c2c1OCC2(C)C. The largest absolute Gasteiger partial charge is 0.492 e. The summed E-state index contributed by atoms with van der Waals surface area (Å²) in [5.41, 5.74) is 2.25. The Kier molecular flexibility index (Phi) is 2.64. The standard InChI is InChI=1S/C15H22O2/c1-10-7-8-11(17-14(2,3)4)12-13(10)16-9-15(12,5)6/h7-8H,9H2,1-6H3. The minimum Gasteiger partial charge on any atom is -0.492 e. The molecule has 1 aromatic carbocycles. The van der Waals surface area contributed by atoms with Crippen molar-refractivity contribution in [3.8, 4) is 11.5 Å². The third-order valence-electron chi connectivity index (χ3n) is 2.99. The van der Waals surface area contributed by atoms with Crippen LogP contribution in [0.15, 0.2) is 12.1 Å². The lowest BCUT2D eigenvalue weighted by Gasteiger charge is -2.26. The first-order valence-electron chi connectivity index (χ1n) is 6.17. The molecule has 0 aliphatic carbocycles. The van der Waals surface area contributed by atoms with Gasteiger partial charge in [-0.3, -0.25) is 0 Å². The molecule has 2 nitrogen and oxygen atoms in total. The van der Waals surface area contributed by atoms with Crippen LogP contribution in [-0.4, -0.2) is 12.2 Å². The summed E-state index contributed by atoms with van der Waals surface area (Å²) in [5, 5.41) is 0. The number of hydrogen-bond donors (Lipinski definition) is 0. The van der Waals surface area contributed by atoms with E-state index in [1.54, 1.807) is 0 Å². The van der Waals surface area contributed by atoms with E-state index in [1.807, 2.05) is 0 Å². The lowest BCUT2D eigenvalue weighted by molar-refractivity contribution is 0.128. The van der Waals surface area contributed by atoms with E-state index in [1.165, 1.54) is 11.1 Å². The number of ether oxygens (including phenoxy) is 2. The van der Waals surface area contributed by atoms with Crippen molar-refractivity contribution >= 4 is 0 Å². The third kappa shape index (κ3) is 2.26. The summed E-state index contributed by atoms with van der Waals surface area (Å²) in [6.45, 7) is 13.4. The van der Waals surface area contributed by atoms with Crippen LogP contribution in [-0.2, 0) is 5.41 Å². The molecule has 0 bridgehead atoms. The van der Waals surface area contributed by atoms with Crippen LogP contribution in [0.2, 0.25) is 0 Å². The van der Waals surface area contributed by atoms with Gasteiger partial charge in [-0.15, -0.1) is 0 Å².